The molecule has 0 aromatic carbocycles. The van der Waals surface area contributed by atoms with E-state index in [2.05, 4.69) is 55.5 Å². The van der Waals surface area contributed by atoms with Crippen molar-refractivity contribution in [3.63, 3.8) is 0 Å². The molecule has 0 aliphatic carbocycles. The highest BCUT2D eigenvalue weighted by Gasteiger charge is 2.46. The Morgan fingerprint density at radius 3 is 1.65 bits per heavy atom. The van der Waals surface area contributed by atoms with E-state index in [9.17, 15) is 33.2 Å². The van der Waals surface area contributed by atoms with Crippen molar-refractivity contribution in [2.45, 2.75) is 142 Å². The summed E-state index contributed by atoms with van der Waals surface area (Å²) in [5.41, 5.74) is 0. The second-order valence-corrected chi connectivity index (χ2v) is 30.3. The molecule has 564 valence electrons. The number of hydrogen-bond acceptors (Lipinski definition) is 26. The largest absolute Gasteiger partial charge is 0.766 e. The lowest BCUT2D eigenvalue weighted by molar-refractivity contribution is -0.205. The van der Waals surface area contributed by atoms with Crippen LogP contribution in [0.4, 0.5) is 0 Å². The number of hydroxylamine groups is 2. The molecule has 20 atom stereocenters. The number of amides is 3. The predicted octanol–water partition coefficient (Wildman–Crippen LogP) is -4.30. The second-order valence-electron chi connectivity index (χ2n) is 24.6. The normalized spacial score (nSPS) is 30.8. The maximum absolute atomic E-state index is 13.5. The van der Waals surface area contributed by atoms with E-state index in [0.717, 1.165) is 0 Å². The Balaban J connectivity index is 0.000000452. The summed E-state index contributed by atoms with van der Waals surface area (Å²) in [5.74, 6) is -1.22. The highest BCUT2D eigenvalue weighted by molar-refractivity contribution is 14.1. The van der Waals surface area contributed by atoms with Gasteiger partial charge in [-0.1, -0.05) is 29.5 Å². The fraction of sp³-hybridized carbons (Fsp3) is 0.931. The van der Waals surface area contributed by atoms with E-state index in [4.69, 9.17) is 133 Å². The van der Waals surface area contributed by atoms with Gasteiger partial charge in [0.25, 0.3) is 0 Å². The maximum Gasteiger partial charge on any atom is 0.345 e. The van der Waals surface area contributed by atoms with Crippen LogP contribution in [-0.2, 0) is 99.0 Å². The van der Waals surface area contributed by atoms with E-state index in [1.807, 2.05) is 14.1 Å². The lowest BCUT2D eigenvalue weighted by atomic mass is 9.87. The first-order valence-corrected chi connectivity index (χ1v) is 38.0. The zero-order valence-corrected chi connectivity index (χ0v) is 65.5. The molecule has 6 saturated heterocycles. The van der Waals surface area contributed by atoms with Gasteiger partial charge in [0, 0.05) is 163 Å². The van der Waals surface area contributed by atoms with Gasteiger partial charge in [-0.25, -0.2) is 9.34 Å². The number of carbonyl (C=O) groups is 4. The third-order valence-corrected chi connectivity index (χ3v) is 20.0. The number of Topliss-reactive ketones (excluding diaryl/α,β-unsaturated/α-hetero) is 1. The van der Waals surface area contributed by atoms with Crippen molar-refractivity contribution in [3.8, 4) is 0 Å². The maximum atomic E-state index is 13.5. The lowest BCUT2D eigenvalue weighted by Crippen LogP contribution is -2.50. The minimum atomic E-state index is -4.28. The van der Waals surface area contributed by atoms with Crippen LogP contribution in [0, 0.1) is 5.92 Å². The van der Waals surface area contributed by atoms with Gasteiger partial charge >= 0.3 is 7.67 Å². The number of methoxy groups -OCH3 is 6. The van der Waals surface area contributed by atoms with Crippen molar-refractivity contribution >= 4 is 124 Å². The summed E-state index contributed by atoms with van der Waals surface area (Å²) in [6, 6.07) is -3.44. The molecule has 0 bridgehead atoms. The minimum Gasteiger partial charge on any atom is -0.766 e. The molecule has 0 saturated carbocycles. The van der Waals surface area contributed by atoms with Crippen molar-refractivity contribution in [1.82, 2.24) is 50.1 Å². The molecule has 0 spiro atoms. The Bertz CT molecular complexity index is 2430. The molecular formula is C58H108B8IN10O22P2-. The van der Waals surface area contributed by atoms with Crippen LogP contribution < -0.4 is 25.9 Å². The standard InChI is InChI=1S/C16H29B2NO7.C14H24B2N4O4.C14H28B2N3O5P.C12H23B2N2O6P.C2H5I/c1-19(6-9-10(7-20-2)25-15(17)12(9)21-3)24-8-11-13(22-4)14(23-5)16(18)26-11;1-11(21)9-19(13(23)7-15)6-4-18-12(22)10-20(5-3-17-2)14(24)8-16;1-17(2)25(20,19-6-12(9-21-4)24-14(16)8-19)22-10-11-5-18(3)7-13(15)23-11;1-15-7-3-11(13)22-10(7)6-20-23(17,18)16-8-4-12(14)21-9(8)5-19-2;1-2-3/h9-16H,6-8H2,1-5H3;17H,3-10H2,1-2H3,(H,18,22);11-14H,5-10H2,1-4H3;7-12,15H,3-6H2,1-2H3,(H2,16,17,18);2H2,1H3/p-1/t9-,10?,11?,12-,13-,14-,15-,16-;;11-,12-,13+,14+,25?;7-,8-,9+,10+,11+,12+;/m1.00./s1. The van der Waals surface area contributed by atoms with Crippen LogP contribution in [0.3, 0.4) is 0 Å². The fourth-order valence-corrected chi connectivity index (χ4v) is 14.7. The molecular weight excluding hydrogens is 1460 g/mol. The van der Waals surface area contributed by atoms with Gasteiger partial charge < -0.3 is 101 Å². The third-order valence-electron chi connectivity index (χ3n) is 16.3. The van der Waals surface area contributed by atoms with Crippen molar-refractivity contribution in [2.24, 2.45) is 5.92 Å². The topological polar surface area (TPSA) is 331 Å². The fourth-order valence-electron chi connectivity index (χ4n) is 11.6. The Hall–Kier alpha value is -1.13. The SMILES string of the molecule is CCI.[B]CC(=O)N(CCNC(=O)CN(CCNC)C(=O)C[B])CC(C)=O.[B][C@@H]1OC(COC)[C@@H](CN(C)OCC2O[C@@H]([B])[C@H](OC)[C@@H]2OC)[C@H]1OC.[B][C@H]1CN(C)C[C@@H](COP(=O)(N(C)C)N2C[C@@H](COC)O[C@@H]([B])C2)O1.[B][C@H]1C[C@H](NC)[C@@H](COP(=O)([O-])N[C@H]2C[C@H]([B])O[C@@H]2COC)O1. The molecule has 6 heterocycles. The second kappa shape index (κ2) is 51.3. The number of ketones is 1. The van der Waals surface area contributed by atoms with E-state index in [-0.39, 0.29) is 149 Å². The average Bonchev–Trinajstić information content (AvgIpc) is 1.14. The van der Waals surface area contributed by atoms with E-state index in [1.165, 1.54) is 28.3 Å². The van der Waals surface area contributed by atoms with E-state index < -0.39 is 63.7 Å². The summed E-state index contributed by atoms with van der Waals surface area (Å²) in [5, 5.41) is 12.7. The first kappa shape index (κ1) is 95.9. The van der Waals surface area contributed by atoms with Gasteiger partial charge in [-0.3, -0.25) is 38.2 Å². The summed E-state index contributed by atoms with van der Waals surface area (Å²) in [4.78, 5) is 69.0. The predicted molar refractivity (Wildman–Crippen MR) is 392 cm³/mol. The van der Waals surface area contributed by atoms with Crippen molar-refractivity contribution in [2.75, 3.05) is 201 Å². The highest BCUT2D eigenvalue weighted by Crippen LogP contribution is 2.53. The molecule has 0 aromatic heterocycles. The first-order valence-electron chi connectivity index (χ1n) is 33.4. The van der Waals surface area contributed by atoms with Crippen LogP contribution in [0.2, 0.25) is 12.6 Å². The van der Waals surface area contributed by atoms with Crippen molar-refractivity contribution < 1.29 is 104 Å². The zero-order valence-electron chi connectivity index (χ0n) is 61.5. The van der Waals surface area contributed by atoms with Gasteiger partial charge in [-0.05, 0) is 72.1 Å². The molecule has 3 amide bonds. The number of nitrogens with one attached hydrogen (secondary N) is 4. The Kier molecular flexibility index (Phi) is 48.7. The number of ether oxygens (including phenoxy) is 12. The quantitative estimate of drug-likeness (QED) is 0.0150. The Morgan fingerprint density at radius 2 is 1.13 bits per heavy atom. The number of rotatable bonds is 37. The average molecular weight is 1570 g/mol. The zero-order chi connectivity index (χ0) is 76.2. The van der Waals surface area contributed by atoms with Crippen LogP contribution in [0.5, 0.6) is 0 Å². The third kappa shape index (κ3) is 34.5. The van der Waals surface area contributed by atoms with Gasteiger partial charge in [-0.2, -0.15) is 5.06 Å². The molecule has 43 heteroatoms. The Morgan fingerprint density at radius 1 is 0.614 bits per heavy atom. The van der Waals surface area contributed by atoms with E-state index >= 15 is 0 Å². The molecule has 101 heavy (non-hydrogen) atoms. The Labute approximate surface area is 624 Å². The molecule has 6 rings (SSSR count). The number of alkyl halides is 1. The summed E-state index contributed by atoms with van der Waals surface area (Å²) in [6.45, 7) is 8.61. The first-order chi connectivity index (χ1) is 47.8. The molecule has 6 aliphatic heterocycles. The summed E-state index contributed by atoms with van der Waals surface area (Å²) < 4.78 is 106. The van der Waals surface area contributed by atoms with Gasteiger partial charge in [0.2, 0.25) is 25.5 Å². The highest BCUT2D eigenvalue weighted by atomic mass is 127. The number of carbonyl (C=O) groups excluding carboxylic acids is 4. The monoisotopic (exact) mass is 1570 g/mol. The van der Waals surface area contributed by atoms with Crippen LogP contribution in [0.25, 0.3) is 0 Å². The van der Waals surface area contributed by atoms with Gasteiger partial charge in [-0.15, -0.1) is 0 Å². The number of nitrogens with zero attached hydrogens (tertiary/aromatic N) is 6. The number of halogens is 1. The van der Waals surface area contributed by atoms with Crippen LogP contribution in [-0.4, -0.2) is 419 Å². The summed E-state index contributed by atoms with van der Waals surface area (Å²) in [7, 11) is 58.5. The smallest absolute Gasteiger partial charge is 0.345 e. The van der Waals surface area contributed by atoms with Crippen LogP contribution >= 0.6 is 38.0 Å². The van der Waals surface area contributed by atoms with Crippen molar-refractivity contribution in [3.05, 3.63) is 0 Å². The van der Waals surface area contributed by atoms with Crippen LogP contribution in [0.1, 0.15) is 26.7 Å². The number of hydrogen-bond donors (Lipinski definition) is 4. The molecule has 0 aromatic rings. The molecule has 16 radical (unpaired) electrons. The van der Waals surface area contributed by atoms with E-state index in [0.29, 0.717) is 71.9 Å². The summed E-state index contributed by atoms with van der Waals surface area (Å²) >= 11 is 2.29. The molecule has 4 N–H and O–H groups in total. The minimum absolute atomic E-state index is 0.0108. The molecule has 6 fully saturated rings. The molecule has 6 aliphatic rings. The lowest BCUT2D eigenvalue weighted by Gasteiger charge is -2.43. The van der Waals surface area contributed by atoms with Gasteiger partial charge in [0.05, 0.1) is 105 Å². The number of likely N-dealkylation sites (N-methyl/N-ethyl adjacent to an activating group) is 3. The number of morpholine rings is 2. The van der Waals surface area contributed by atoms with Crippen molar-refractivity contribution in [1.29, 1.82) is 0 Å². The van der Waals surface area contributed by atoms with Gasteiger partial charge in [0.15, 0.2) is 0 Å². The van der Waals surface area contributed by atoms with E-state index in [1.54, 1.807) is 78.1 Å². The molecule has 4 unspecified atom stereocenters. The van der Waals surface area contributed by atoms with Crippen LogP contribution in [0.15, 0.2) is 0 Å². The summed E-state index contributed by atoms with van der Waals surface area (Å²) in [6.07, 6.45) is -2.11. The van der Waals surface area contributed by atoms with Gasteiger partial charge in [0.1, 0.15) is 71.2 Å². The molecule has 32 nitrogen and oxygen atoms in total.